The zero-order chi connectivity index (χ0) is 17.5. The van der Waals surface area contributed by atoms with Crippen LogP contribution in [0, 0.1) is 6.92 Å². The Labute approximate surface area is 140 Å². The van der Waals surface area contributed by atoms with Gasteiger partial charge in [0.1, 0.15) is 0 Å². The Hall–Kier alpha value is -2.89. The van der Waals surface area contributed by atoms with Gasteiger partial charge in [-0.2, -0.15) is 0 Å². The van der Waals surface area contributed by atoms with Crippen molar-refractivity contribution < 1.29 is 19.1 Å². The number of anilines is 1. The van der Waals surface area contributed by atoms with E-state index in [-0.39, 0.29) is 18.8 Å². The maximum atomic E-state index is 12.0. The molecule has 0 aliphatic carbocycles. The minimum atomic E-state index is -0.724. The lowest BCUT2D eigenvalue weighted by Gasteiger charge is -2.10. The Kier molecular flexibility index (Phi) is 5.89. The highest BCUT2D eigenvalue weighted by atomic mass is 16.6. The molecule has 0 radical (unpaired) electrons. The number of nitrogens with zero attached hydrogens (tertiary/aromatic N) is 1. The van der Waals surface area contributed by atoms with E-state index in [4.69, 9.17) is 9.47 Å². The second-order valence-corrected chi connectivity index (χ2v) is 4.97. The SMILES string of the molecule is CCOC(=O)C(=CNc1cc(C)nc2ccccc12)C(=O)OCC. The number of carbonyl (C=O) groups excluding carboxylic acids is 2. The Morgan fingerprint density at radius 2 is 1.75 bits per heavy atom. The van der Waals surface area contributed by atoms with Gasteiger partial charge in [-0.05, 0) is 32.9 Å². The zero-order valence-corrected chi connectivity index (χ0v) is 14.0. The minimum Gasteiger partial charge on any atom is -0.462 e. The Bertz CT molecular complexity index is 764. The molecule has 1 heterocycles. The number of carbonyl (C=O) groups is 2. The summed E-state index contributed by atoms with van der Waals surface area (Å²) in [6.45, 7) is 5.57. The first-order valence-electron chi connectivity index (χ1n) is 7.74. The van der Waals surface area contributed by atoms with Crippen LogP contribution in [0.3, 0.4) is 0 Å². The molecule has 0 fully saturated rings. The smallest absolute Gasteiger partial charge is 0.347 e. The number of ether oxygens (including phenoxy) is 2. The van der Waals surface area contributed by atoms with Crippen LogP contribution in [0.5, 0.6) is 0 Å². The molecule has 0 atom stereocenters. The van der Waals surface area contributed by atoms with Gasteiger partial charge in [-0.25, -0.2) is 9.59 Å². The third kappa shape index (κ3) is 4.10. The molecule has 0 aliphatic rings. The van der Waals surface area contributed by atoms with Crippen molar-refractivity contribution in [2.75, 3.05) is 18.5 Å². The molecule has 2 aromatic rings. The largest absolute Gasteiger partial charge is 0.462 e. The molecule has 0 spiro atoms. The van der Waals surface area contributed by atoms with Crippen molar-refractivity contribution in [1.82, 2.24) is 4.98 Å². The van der Waals surface area contributed by atoms with Crippen molar-refractivity contribution in [2.45, 2.75) is 20.8 Å². The van der Waals surface area contributed by atoms with Gasteiger partial charge in [0, 0.05) is 23.0 Å². The van der Waals surface area contributed by atoms with Gasteiger partial charge < -0.3 is 14.8 Å². The molecular weight excluding hydrogens is 308 g/mol. The summed E-state index contributed by atoms with van der Waals surface area (Å²) in [7, 11) is 0. The monoisotopic (exact) mass is 328 g/mol. The summed E-state index contributed by atoms with van der Waals surface area (Å²) < 4.78 is 9.82. The van der Waals surface area contributed by atoms with E-state index in [0.717, 1.165) is 22.3 Å². The number of para-hydroxylation sites is 1. The number of rotatable bonds is 6. The van der Waals surface area contributed by atoms with Crippen molar-refractivity contribution in [1.29, 1.82) is 0 Å². The number of nitrogens with one attached hydrogen (secondary N) is 1. The highest BCUT2D eigenvalue weighted by Crippen LogP contribution is 2.23. The maximum Gasteiger partial charge on any atom is 0.347 e. The van der Waals surface area contributed by atoms with Gasteiger partial charge in [0.15, 0.2) is 5.57 Å². The molecule has 24 heavy (non-hydrogen) atoms. The lowest BCUT2D eigenvalue weighted by atomic mass is 10.1. The van der Waals surface area contributed by atoms with Gasteiger partial charge in [-0.3, -0.25) is 4.98 Å². The van der Waals surface area contributed by atoms with Crippen LogP contribution >= 0.6 is 0 Å². The predicted molar refractivity (Wildman–Crippen MR) is 91.5 cm³/mol. The molecule has 6 heteroatoms. The highest BCUT2D eigenvalue weighted by molar-refractivity contribution is 6.14. The first-order chi connectivity index (χ1) is 11.6. The highest BCUT2D eigenvalue weighted by Gasteiger charge is 2.21. The summed E-state index contributed by atoms with van der Waals surface area (Å²) in [5.74, 6) is -1.45. The van der Waals surface area contributed by atoms with Crippen LogP contribution in [0.15, 0.2) is 42.1 Å². The Balaban J connectivity index is 2.37. The molecule has 2 rings (SSSR count). The standard InChI is InChI=1S/C18H20N2O4/c1-4-23-17(21)14(18(22)24-5-2)11-19-16-10-12(3)20-15-9-7-6-8-13(15)16/h6-11H,4-5H2,1-3H3,(H,19,20). The Morgan fingerprint density at radius 3 is 2.38 bits per heavy atom. The first-order valence-corrected chi connectivity index (χ1v) is 7.74. The van der Waals surface area contributed by atoms with Gasteiger partial charge in [0.25, 0.3) is 0 Å². The lowest BCUT2D eigenvalue weighted by molar-refractivity contribution is -0.146. The van der Waals surface area contributed by atoms with E-state index in [1.54, 1.807) is 13.8 Å². The van der Waals surface area contributed by atoms with Crippen LogP contribution < -0.4 is 5.32 Å². The summed E-state index contributed by atoms with van der Waals surface area (Å²) in [5.41, 5.74) is 2.20. The quantitative estimate of drug-likeness (QED) is 0.380. The summed E-state index contributed by atoms with van der Waals surface area (Å²) in [5, 5.41) is 3.88. The fourth-order valence-electron chi connectivity index (χ4n) is 2.20. The summed E-state index contributed by atoms with van der Waals surface area (Å²) >= 11 is 0. The molecule has 0 saturated heterocycles. The van der Waals surface area contributed by atoms with Gasteiger partial charge in [0.2, 0.25) is 0 Å². The molecule has 1 aromatic carbocycles. The van der Waals surface area contributed by atoms with Crippen molar-refractivity contribution >= 4 is 28.5 Å². The first kappa shape index (κ1) is 17.5. The van der Waals surface area contributed by atoms with Crippen molar-refractivity contribution in [3.8, 4) is 0 Å². The van der Waals surface area contributed by atoms with E-state index in [0.29, 0.717) is 0 Å². The van der Waals surface area contributed by atoms with E-state index >= 15 is 0 Å². The number of benzene rings is 1. The second-order valence-electron chi connectivity index (χ2n) is 4.97. The van der Waals surface area contributed by atoms with E-state index in [2.05, 4.69) is 10.3 Å². The van der Waals surface area contributed by atoms with Crippen LogP contribution in [0.2, 0.25) is 0 Å². The summed E-state index contributed by atoms with van der Waals surface area (Å²) in [6, 6.07) is 9.44. The maximum absolute atomic E-state index is 12.0. The van der Waals surface area contributed by atoms with Gasteiger partial charge in [-0.1, -0.05) is 18.2 Å². The van der Waals surface area contributed by atoms with Crippen LogP contribution in [0.4, 0.5) is 5.69 Å². The third-order valence-electron chi connectivity index (χ3n) is 3.21. The molecule has 1 aromatic heterocycles. The molecule has 1 N–H and O–H groups in total. The fraction of sp³-hybridized carbons (Fsp3) is 0.278. The minimum absolute atomic E-state index is 0.173. The normalized spacial score (nSPS) is 10.1. The average Bonchev–Trinajstić information content (AvgIpc) is 2.55. The molecule has 126 valence electrons. The molecule has 0 amide bonds. The van der Waals surface area contributed by atoms with Gasteiger partial charge in [-0.15, -0.1) is 0 Å². The number of pyridine rings is 1. The Morgan fingerprint density at radius 1 is 1.12 bits per heavy atom. The molecular formula is C18H20N2O4. The van der Waals surface area contributed by atoms with Crippen molar-refractivity contribution in [2.24, 2.45) is 0 Å². The van der Waals surface area contributed by atoms with E-state index in [1.807, 2.05) is 37.3 Å². The average molecular weight is 328 g/mol. The van der Waals surface area contributed by atoms with Gasteiger partial charge >= 0.3 is 11.9 Å². The van der Waals surface area contributed by atoms with Crippen LogP contribution in [0.25, 0.3) is 10.9 Å². The number of aromatic nitrogens is 1. The second kappa shape index (κ2) is 8.10. The molecule has 0 bridgehead atoms. The van der Waals surface area contributed by atoms with Crippen LogP contribution in [0.1, 0.15) is 19.5 Å². The lowest BCUT2D eigenvalue weighted by Crippen LogP contribution is -2.19. The summed E-state index contributed by atoms with van der Waals surface area (Å²) in [6.07, 6.45) is 1.32. The van der Waals surface area contributed by atoms with Crippen molar-refractivity contribution in [3.63, 3.8) is 0 Å². The zero-order valence-electron chi connectivity index (χ0n) is 14.0. The molecule has 0 aliphatic heterocycles. The third-order valence-corrected chi connectivity index (χ3v) is 3.21. The van der Waals surface area contributed by atoms with Crippen LogP contribution in [-0.2, 0) is 19.1 Å². The van der Waals surface area contributed by atoms with E-state index in [1.165, 1.54) is 6.20 Å². The number of hydrogen-bond acceptors (Lipinski definition) is 6. The van der Waals surface area contributed by atoms with Gasteiger partial charge in [0.05, 0.1) is 18.7 Å². The number of aryl methyl sites for hydroxylation is 1. The van der Waals surface area contributed by atoms with Crippen molar-refractivity contribution in [3.05, 3.63) is 47.8 Å². The number of hydrogen-bond donors (Lipinski definition) is 1. The van der Waals surface area contributed by atoms with Crippen LogP contribution in [-0.4, -0.2) is 30.1 Å². The predicted octanol–water partition coefficient (Wildman–Crippen LogP) is 2.97. The molecule has 6 nitrogen and oxygen atoms in total. The molecule has 0 unspecified atom stereocenters. The number of esters is 2. The van der Waals surface area contributed by atoms with E-state index in [9.17, 15) is 9.59 Å². The summed E-state index contributed by atoms with van der Waals surface area (Å²) in [4.78, 5) is 28.4. The van der Waals surface area contributed by atoms with E-state index < -0.39 is 11.9 Å². The fourth-order valence-corrected chi connectivity index (χ4v) is 2.20. The topological polar surface area (TPSA) is 77.5 Å². The number of fused-ring (bicyclic) bond motifs is 1. The molecule has 0 saturated carbocycles.